The zero-order valence-electron chi connectivity index (χ0n) is 8.73. The van der Waals surface area contributed by atoms with Crippen LogP contribution in [-0.4, -0.2) is 15.8 Å². The van der Waals surface area contributed by atoms with Gasteiger partial charge in [0.2, 0.25) is 0 Å². The minimum Gasteiger partial charge on any atom is -0.387 e. The first kappa shape index (κ1) is 11.5. The Labute approximate surface area is 89.8 Å². The van der Waals surface area contributed by atoms with E-state index in [1.807, 2.05) is 25.3 Å². The normalized spacial score (nSPS) is 12.8. The molecule has 1 aromatic heterocycles. The molecule has 1 atom stereocenters. The lowest BCUT2D eigenvalue weighted by Crippen LogP contribution is -1.97. The quantitative estimate of drug-likeness (QED) is 0.760. The highest BCUT2D eigenvalue weighted by atomic mass is 32.2. The molecule has 1 heterocycles. The van der Waals surface area contributed by atoms with Crippen LogP contribution in [0.15, 0.2) is 23.2 Å². The number of aromatic nitrogens is 1. The number of thioether (sulfide) groups is 1. The summed E-state index contributed by atoms with van der Waals surface area (Å²) in [5.41, 5.74) is 0.772. The van der Waals surface area contributed by atoms with E-state index in [1.165, 1.54) is 11.3 Å². The Balaban J connectivity index is 2.59. The van der Waals surface area contributed by atoms with Gasteiger partial charge in [0.15, 0.2) is 0 Å². The first-order valence-electron chi connectivity index (χ1n) is 5.04. The Morgan fingerprint density at radius 3 is 2.71 bits per heavy atom. The number of aliphatic hydroxyl groups is 1. The van der Waals surface area contributed by atoms with Crippen molar-refractivity contribution in [2.75, 3.05) is 5.75 Å². The van der Waals surface area contributed by atoms with Gasteiger partial charge in [-0.3, -0.25) is 4.98 Å². The number of pyridine rings is 1. The van der Waals surface area contributed by atoms with Gasteiger partial charge in [-0.15, -0.1) is 11.8 Å². The average Bonchev–Trinajstić information content (AvgIpc) is 2.26. The fraction of sp³-hybridized carbons (Fsp3) is 0.545. The number of hydrogen-bond donors (Lipinski definition) is 1. The van der Waals surface area contributed by atoms with Gasteiger partial charge in [-0.2, -0.15) is 0 Å². The summed E-state index contributed by atoms with van der Waals surface area (Å²) in [6.07, 6.45) is 3.31. The van der Waals surface area contributed by atoms with Crippen molar-refractivity contribution in [3.8, 4) is 0 Å². The number of rotatable bonds is 5. The van der Waals surface area contributed by atoms with Gasteiger partial charge < -0.3 is 5.11 Å². The average molecular weight is 211 g/mol. The molecule has 2 nitrogen and oxygen atoms in total. The Morgan fingerprint density at radius 2 is 2.21 bits per heavy atom. The first-order chi connectivity index (χ1) is 6.77. The van der Waals surface area contributed by atoms with Crippen LogP contribution in [0.25, 0.3) is 0 Å². The maximum Gasteiger partial charge on any atom is 0.0957 e. The highest BCUT2D eigenvalue weighted by molar-refractivity contribution is 7.99. The zero-order valence-corrected chi connectivity index (χ0v) is 9.55. The maximum atomic E-state index is 9.53. The molecule has 0 amide bonds. The monoisotopic (exact) mass is 211 g/mol. The standard InChI is InChI=1S/C11H17NOS/c1-3-7-14-9-5-6-10(12-8-9)11(13)4-2/h5-6,8,11,13H,3-4,7H2,1-2H3/t11-/m1/s1. The van der Waals surface area contributed by atoms with Gasteiger partial charge in [0.05, 0.1) is 11.8 Å². The van der Waals surface area contributed by atoms with Crippen molar-refractivity contribution in [2.45, 2.75) is 37.7 Å². The second kappa shape index (κ2) is 6.04. The Bertz CT molecular complexity index is 260. The van der Waals surface area contributed by atoms with Crippen molar-refractivity contribution in [1.82, 2.24) is 4.98 Å². The van der Waals surface area contributed by atoms with Crippen LogP contribution in [0.4, 0.5) is 0 Å². The zero-order chi connectivity index (χ0) is 10.4. The van der Waals surface area contributed by atoms with Crippen LogP contribution in [0, 0.1) is 0 Å². The van der Waals surface area contributed by atoms with Gasteiger partial charge in [-0.05, 0) is 30.7 Å². The van der Waals surface area contributed by atoms with Gasteiger partial charge in [0.25, 0.3) is 0 Å². The Morgan fingerprint density at radius 1 is 1.43 bits per heavy atom. The van der Waals surface area contributed by atoms with Gasteiger partial charge in [-0.1, -0.05) is 13.8 Å². The molecule has 1 rings (SSSR count). The number of nitrogens with zero attached hydrogens (tertiary/aromatic N) is 1. The molecule has 0 saturated heterocycles. The largest absolute Gasteiger partial charge is 0.387 e. The summed E-state index contributed by atoms with van der Waals surface area (Å²) in [7, 11) is 0. The predicted octanol–water partition coefficient (Wildman–Crippen LogP) is 3.03. The van der Waals surface area contributed by atoms with Crippen LogP contribution in [-0.2, 0) is 0 Å². The van der Waals surface area contributed by atoms with E-state index in [2.05, 4.69) is 11.9 Å². The molecule has 0 unspecified atom stereocenters. The third kappa shape index (κ3) is 3.31. The lowest BCUT2D eigenvalue weighted by atomic mass is 10.2. The number of aliphatic hydroxyl groups excluding tert-OH is 1. The second-order valence-electron chi connectivity index (χ2n) is 3.19. The summed E-state index contributed by atoms with van der Waals surface area (Å²) in [6.45, 7) is 4.11. The number of hydrogen-bond acceptors (Lipinski definition) is 3. The van der Waals surface area contributed by atoms with Crippen molar-refractivity contribution >= 4 is 11.8 Å². The highest BCUT2D eigenvalue weighted by Gasteiger charge is 2.05. The summed E-state index contributed by atoms with van der Waals surface area (Å²) in [5.74, 6) is 1.12. The second-order valence-corrected chi connectivity index (χ2v) is 4.36. The van der Waals surface area contributed by atoms with Crippen molar-refractivity contribution < 1.29 is 5.11 Å². The molecule has 0 aliphatic heterocycles. The van der Waals surface area contributed by atoms with E-state index >= 15 is 0 Å². The van der Waals surface area contributed by atoms with Crippen molar-refractivity contribution in [2.24, 2.45) is 0 Å². The topological polar surface area (TPSA) is 33.1 Å². The van der Waals surface area contributed by atoms with E-state index in [9.17, 15) is 5.11 Å². The molecule has 0 saturated carbocycles. The molecule has 14 heavy (non-hydrogen) atoms. The van der Waals surface area contributed by atoms with E-state index in [0.717, 1.165) is 11.4 Å². The van der Waals surface area contributed by atoms with E-state index in [-0.39, 0.29) is 0 Å². The Hall–Kier alpha value is -0.540. The smallest absolute Gasteiger partial charge is 0.0957 e. The molecule has 0 radical (unpaired) electrons. The lowest BCUT2D eigenvalue weighted by molar-refractivity contribution is 0.169. The minimum absolute atomic E-state index is 0.416. The van der Waals surface area contributed by atoms with Crippen LogP contribution >= 0.6 is 11.8 Å². The molecule has 0 aliphatic rings. The van der Waals surface area contributed by atoms with Gasteiger partial charge >= 0.3 is 0 Å². The summed E-state index contributed by atoms with van der Waals surface area (Å²) < 4.78 is 0. The molecule has 1 aromatic rings. The third-order valence-electron chi connectivity index (χ3n) is 1.96. The molecular formula is C11H17NOS. The molecule has 0 fully saturated rings. The van der Waals surface area contributed by atoms with Crippen LogP contribution < -0.4 is 0 Å². The van der Waals surface area contributed by atoms with E-state index < -0.39 is 6.10 Å². The van der Waals surface area contributed by atoms with Gasteiger partial charge in [-0.25, -0.2) is 0 Å². The molecule has 0 aliphatic carbocycles. The first-order valence-corrected chi connectivity index (χ1v) is 6.03. The van der Waals surface area contributed by atoms with E-state index in [1.54, 1.807) is 11.8 Å². The molecular weight excluding hydrogens is 194 g/mol. The van der Waals surface area contributed by atoms with Crippen molar-refractivity contribution in [1.29, 1.82) is 0 Å². The van der Waals surface area contributed by atoms with Crippen LogP contribution in [0.5, 0.6) is 0 Å². The summed E-state index contributed by atoms with van der Waals surface area (Å²) >= 11 is 1.80. The maximum absolute atomic E-state index is 9.53. The van der Waals surface area contributed by atoms with E-state index in [0.29, 0.717) is 6.42 Å². The SMILES string of the molecule is CCCSc1ccc([C@H](O)CC)nc1. The Kier molecular flexibility index (Phi) is 4.98. The molecule has 0 aromatic carbocycles. The summed E-state index contributed by atoms with van der Waals surface area (Å²) in [5, 5.41) is 9.53. The predicted molar refractivity (Wildman–Crippen MR) is 60.5 cm³/mol. The third-order valence-corrected chi connectivity index (χ3v) is 3.15. The fourth-order valence-electron chi connectivity index (χ4n) is 1.10. The lowest BCUT2D eigenvalue weighted by Gasteiger charge is -2.07. The van der Waals surface area contributed by atoms with Crippen molar-refractivity contribution in [3.63, 3.8) is 0 Å². The molecule has 1 N–H and O–H groups in total. The molecule has 3 heteroatoms. The van der Waals surface area contributed by atoms with Crippen LogP contribution in [0.3, 0.4) is 0 Å². The van der Waals surface area contributed by atoms with Crippen LogP contribution in [0.2, 0.25) is 0 Å². The molecule has 0 spiro atoms. The van der Waals surface area contributed by atoms with Crippen molar-refractivity contribution in [3.05, 3.63) is 24.0 Å². The molecule has 0 bridgehead atoms. The van der Waals surface area contributed by atoms with E-state index in [4.69, 9.17) is 0 Å². The summed E-state index contributed by atoms with van der Waals surface area (Å²) in [4.78, 5) is 5.41. The van der Waals surface area contributed by atoms with Gasteiger partial charge in [0.1, 0.15) is 0 Å². The molecule has 78 valence electrons. The van der Waals surface area contributed by atoms with Crippen LogP contribution in [0.1, 0.15) is 38.5 Å². The summed E-state index contributed by atoms with van der Waals surface area (Å²) in [6, 6.07) is 3.94. The minimum atomic E-state index is -0.416. The van der Waals surface area contributed by atoms with Gasteiger partial charge in [0, 0.05) is 11.1 Å². The fourth-order valence-corrected chi connectivity index (χ4v) is 1.83. The highest BCUT2D eigenvalue weighted by Crippen LogP contribution is 2.20.